The van der Waals surface area contributed by atoms with Gasteiger partial charge >= 0.3 is 0 Å². The molecule has 0 unspecified atom stereocenters. The molecule has 0 saturated carbocycles. The van der Waals surface area contributed by atoms with Gasteiger partial charge in [-0.25, -0.2) is 9.50 Å². The molecule has 0 atom stereocenters. The van der Waals surface area contributed by atoms with Gasteiger partial charge in [-0.1, -0.05) is 30.3 Å². The van der Waals surface area contributed by atoms with Crippen LogP contribution in [0.5, 0.6) is 23.0 Å². The number of allylic oxidation sites excluding steroid dienone is 1. The van der Waals surface area contributed by atoms with Crippen LogP contribution in [-0.2, 0) is 0 Å². The molecular weight excluding hydrogens is 494 g/mol. The fraction of sp³-hybridized carbons (Fsp3) is 0.129. The Labute approximate surface area is 226 Å². The molecule has 0 N–H and O–H groups in total. The lowest BCUT2D eigenvalue weighted by molar-refractivity contribution is 0.104. The molecule has 5 rings (SSSR count). The first-order chi connectivity index (χ1) is 19.0. The molecule has 0 aliphatic heterocycles. The van der Waals surface area contributed by atoms with Gasteiger partial charge in [0, 0.05) is 22.8 Å². The maximum atomic E-state index is 12.8. The van der Waals surface area contributed by atoms with E-state index in [2.05, 4.69) is 0 Å². The molecule has 0 amide bonds. The van der Waals surface area contributed by atoms with Crippen molar-refractivity contribution >= 4 is 17.5 Å². The standard InChI is InChI=1S/C31H27N3O5/c1-36-24-13-10-21(11-14-24)27(35)15-12-23-18-26(22-16-28(37-2)31(39-4)29(17-22)38-3)34-30(32-23)19-25(33-34)20-8-6-5-7-9-20/h5-19H,1-4H3/b15-12+. The molecule has 3 aromatic carbocycles. The fourth-order valence-electron chi connectivity index (χ4n) is 4.28. The topological polar surface area (TPSA) is 84.2 Å². The molecular formula is C31H27N3O5. The predicted molar refractivity (Wildman–Crippen MR) is 150 cm³/mol. The van der Waals surface area contributed by atoms with Crippen molar-refractivity contribution in [3.63, 3.8) is 0 Å². The van der Waals surface area contributed by atoms with Crippen LogP contribution >= 0.6 is 0 Å². The Morgan fingerprint density at radius 3 is 2.08 bits per heavy atom. The van der Waals surface area contributed by atoms with Gasteiger partial charge in [-0.2, -0.15) is 5.10 Å². The summed E-state index contributed by atoms with van der Waals surface area (Å²) in [6.07, 6.45) is 3.21. The second kappa shape index (κ2) is 11.1. The minimum atomic E-state index is -0.146. The summed E-state index contributed by atoms with van der Waals surface area (Å²) >= 11 is 0. The zero-order chi connectivity index (χ0) is 27.4. The third-order valence-electron chi connectivity index (χ3n) is 6.26. The van der Waals surface area contributed by atoms with Gasteiger partial charge in [0.25, 0.3) is 0 Å². The van der Waals surface area contributed by atoms with Gasteiger partial charge in [-0.15, -0.1) is 0 Å². The van der Waals surface area contributed by atoms with Crippen LogP contribution in [0.15, 0.2) is 84.9 Å². The quantitative estimate of drug-likeness (QED) is 0.174. The largest absolute Gasteiger partial charge is 0.497 e. The monoisotopic (exact) mass is 521 g/mol. The minimum absolute atomic E-state index is 0.146. The average molecular weight is 522 g/mol. The Kier molecular flexibility index (Phi) is 7.27. The van der Waals surface area contributed by atoms with Gasteiger partial charge < -0.3 is 18.9 Å². The lowest BCUT2D eigenvalue weighted by atomic mass is 10.1. The molecule has 0 fully saturated rings. The number of ether oxygens (including phenoxy) is 4. The summed E-state index contributed by atoms with van der Waals surface area (Å²) in [4.78, 5) is 17.6. The van der Waals surface area contributed by atoms with Crippen LogP contribution in [0.25, 0.3) is 34.2 Å². The fourth-order valence-corrected chi connectivity index (χ4v) is 4.28. The first-order valence-corrected chi connectivity index (χ1v) is 12.2. The highest BCUT2D eigenvalue weighted by atomic mass is 16.5. The van der Waals surface area contributed by atoms with Gasteiger partial charge in [0.15, 0.2) is 22.9 Å². The smallest absolute Gasteiger partial charge is 0.203 e. The maximum Gasteiger partial charge on any atom is 0.203 e. The number of fused-ring (bicyclic) bond motifs is 1. The summed E-state index contributed by atoms with van der Waals surface area (Å²) in [6.45, 7) is 0. The van der Waals surface area contributed by atoms with Crippen molar-refractivity contribution in [1.82, 2.24) is 14.6 Å². The van der Waals surface area contributed by atoms with Crippen molar-refractivity contribution in [2.24, 2.45) is 0 Å². The van der Waals surface area contributed by atoms with E-state index in [0.717, 1.165) is 22.5 Å². The van der Waals surface area contributed by atoms with Crippen LogP contribution in [0.2, 0.25) is 0 Å². The Morgan fingerprint density at radius 1 is 0.769 bits per heavy atom. The molecule has 8 heteroatoms. The van der Waals surface area contributed by atoms with Crippen LogP contribution in [0.4, 0.5) is 0 Å². The molecule has 5 aromatic rings. The first kappa shape index (κ1) is 25.5. The number of nitrogens with zero attached hydrogens (tertiary/aromatic N) is 3. The molecule has 0 bridgehead atoms. The molecule has 0 saturated heterocycles. The van der Waals surface area contributed by atoms with E-state index in [1.165, 1.54) is 6.08 Å². The van der Waals surface area contributed by atoms with E-state index in [9.17, 15) is 4.79 Å². The predicted octanol–water partition coefficient (Wildman–Crippen LogP) is 5.99. The van der Waals surface area contributed by atoms with E-state index in [4.69, 9.17) is 29.0 Å². The third-order valence-corrected chi connectivity index (χ3v) is 6.26. The summed E-state index contributed by atoms with van der Waals surface area (Å²) in [6, 6.07) is 24.3. The average Bonchev–Trinajstić information content (AvgIpc) is 3.43. The number of ketones is 1. The second-order valence-electron chi connectivity index (χ2n) is 8.57. The Morgan fingerprint density at radius 2 is 1.46 bits per heavy atom. The Bertz CT molecular complexity index is 1630. The highest BCUT2D eigenvalue weighted by Crippen LogP contribution is 2.41. The number of carbonyl (C=O) groups is 1. The third kappa shape index (κ3) is 5.17. The van der Waals surface area contributed by atoms with E-state index < -0.39 is 0 Å². The molecule has 39 heavy (non-hydrogen) atoms. The van der Waals surface area contributed by atoms with Crippen molar-refractivity contribution < 1.29 is 23.7 Å². The molecule has 0 aliphatic rings. The van der Waals surface area contributed by atoms with Crippen molar-refractivity contribution in [3.8, 4) is 45.5 Å². The van der Waals surface area contributed by atoms with Gasteiger partial charge in [0.05, 0.1) is 45.5 Å². The van der Waals surface area contributed by atoms with Crippen LogP contribution in [0.1, 0.15) is 16.1 Å². The number of aromatic nitrogens is 3. The molecule has 196 valence electrons. The van der Waals surface area contributed by atoms with E-state index >= 15 is 0 Å². The highest BCUT2D eigenvalue weighted by molar-refractivity contribution is 6.06. The van der Waals surface area contributed by atoms with Gasteiger partial charge in [0.1, 0.15) is 5.75 Å². The van der Waals surface area contributed by atoms with Crippen molar-refractivity contribution in [3.05, 3.63) is 96.2 Å². The maximum absolute atomic E-state index is 12.8. The number of carbonyl (C=O) groups excluding carboxylic acids is 1. The van der Waals surface area contributed by atoms with Crippen molar-refractivity contribution in [2.75, 3.05) is 28.4 Å². The number of hydrogen-bond acceptors (Lipinski definition) is 7. The lowest BCUT2D eigenvalue weighted by Crippen LogP contribution is -2.01. The molecule has 2 heterocycles. The summed E-state index contributed by atoms with van der Waals surface area (Å²) in [5, 5.41) is 4.85. The zero-order valence-corrected chi connectivity index (χ0v) is 22.0. The molecule has 0 aliphatic carbocycles. The van der Waals surface area contributed by atoms with Crippen molar-refractivity contribution in [2.45, 2.75) is 0 Å². The van der Waals surface area contributed by atoms with Gasteiger partial charge in [0.2, 0.25) is 5.75 Å². The first-order valence-electron chi connectivity index (χ1n) is 12.2. The van der Waals surface area contributed by atoms with Crippen LogP contribution < -0.4 is 18.9 Å². The Balaban J connectivity index is 1.64. The number of hydrogen-bond donors (Lipinski definition) is 0. The number of rotatable bonds is 9. The summed E-state index contributed by atoms with van der Waals surface area (Å²) in [5.74, 6) is 2.06. The van der Waals surface area contributed by atoms with Gasteiger partial charge in [-0.05, 0) is 54.6 Å². The van der Waals surface area contributed by atoms with Crippen LogP contribution in [0.3, 0.4) is 0 Å². The van der Waals surface area contributed by atoms with Crippen LogP contribution in [0, 0.1) is 0 Å². The second-order valence-corrected chi connectivity index (χ2v) is 8.57. The number of benzene rings is 3. The van der Waals surface area contributed by atoms with E-state index in [-0.39, 0.29) is 5.78 Å². The van der Waals surface area contributed by atoms with Crippen molar-refractivity contribution in [1.29, 1.82) is 0 Å². The van der Waals surface area contributed by atoms with Crippen LogP contribution in [-0.4, -0.2) is 48.8 Å². The summed E-state index contributed by atoms with van der Waals surface area (Å²) in [7, 11) is 6.30. The molecule has 0 radical (unpaired) electrons. The van der Waals surface area contributed by atoms with E-state index in [1.807, 2.05) is 54.6 Å². The lowest BCUT2D eigenvalue weighted by Gasteiger charge is -2.15. The summed E-state index contributed by atoms with van der Waals surface area (Å²) in [5.41, 5.74) is 5.00. The Hall–Kier alpha value is -5.11. The highest BCUT2D eigenvalue weighted by Gasteiger charge is 2.18. The van der Waals surface area contributed by atoms with E-state index in [0.29, 0.717) is 39.9 Å². The number of methoxy groups -OCH3 is 4. The normalized spacial score (nSPS) is 11.1. The zero-order valence-electron chi connectivity index (χ0n) is 22.0. The molecule has 0 spiro atoms. The van der Waals surface area contributed by atoms with Gasteiger partial charge in [-0.3, -0.25) is 4.79 Å². The SMILES string of the molecule is COc1ccc(C(=O)/C=C/c2cc(-c3cc(OC)c(OC)c(OC)c3)n3nc(-c4ccccc4)cc3n2)cc1. The summed E-state index contributed by atoms with van der Waals surface area (Å²) < 4.78 is 23.6. The molecule has 8 nitrogen and oxygen atoms in total. The van der Waals surface area contributed by atoms with E-state index in [1.54, 1.807) is 63.3 Å². The molecule has 2 aromatic heterocycles. The minimum Gasteiger partial charge on any atom is -0.497 e.